The number of alkyl halides is 3. The minimum Gasteiger partial charge on any atom is -0.354 e. The van der Waals surface area contributed by atoms with Crippen molar-refractivity contribution in [3.63, 3.8) is 0 Å². The number of nitrogens with one attached hydrogen (secondary N) is 1. The maximum Gasteiger partial charge on any atom is 0.417 e. The van der Waals surface area contributed by atoms with Crippen molar-refractivity contribution in [1.29, 1.82) is 0 Å². The molecule has 1 aliphatic heterocycles. The van der Waals surface area contributed by atoms with Crippen molar-refractivity contribution < 1.29 is 18.0 Å². The molecular weight excluding hydrogens is 371 g/mol. The number of amides is 1. The van der Waals surface area contributed by atoms with E-state index in [4.69, 9.17) is 0 Å². The second-order valence-electron chi connectivity index (χ2n) is 6.79. The number of carbonyl (C=O) groups excluding carboxylic acids is 1. The fourth-order valence-electron chi connectivity index (χ4n) is 3.63. The number of likely N-dealkylation sites (N-methyl/N-ethyl adjacent to an activating group) is 1. The van der Waals surface area contributed by atoms with Crippen LogP contribution in [0.25, 0.3) is 11.0 Å². The van der Waals surface area contributed by atoms with Gasteiger partial charge in [-0.3, -0.25) is 4.79 Å². The molecule has 1 saturated heterocycles. The number of fused-ring (bicyclic) bond motifs is 1. The number of aromatic nitrogens is 3. The molecule has 1 amide bonds. The van der Waals surface area contributed by atoms with Gasteiger partial charge in [0.25, 0.3) is 5.91 Å². The number of carbonyl (C=O) groups is 1. The average Bonchev–Trinajstić information content (AvgIpc) is 3.35. The lowest BCUT2D eigenvalue weighted by Gasteiger charge is -2.26. The fourth-order valence-corrected chi connectivity index (χ4v) is 3.63. The molecule has 146 valence electrons. The van der Waals surface area contributed by atoms with Crippen LogP contribution in [0.5, 0.6) is 0 Å². The van der Waals surface area contributed by atoms with Crippen LogP contribution in [0.2, 0.25) is 0 Å². The number of anilines is 1. The van der Waals surface area contributed by atoms with E-state index in [0.717, 1.165) is 22.9 Å². The largest absolute Gasteiger partial charge is 0.417 e. The Bertz CT molecular complexity index is 1020. The highest BCUT2D eigenvalue weighted by molar-refractivity contribution is 5.96. The SMILES string of the molecule is CN(C(=O)c1ccccc1C(F)(F)F)[C@@H]1CCN(c2ncnc3[nH]ccc23)C1. The molecule has 0 radical (unpaired) electrons. The van der Waals surface area contributed by atoms with Crippen molar-refractivity contribution in [2.24, 2.45) is 0 Å². The first kappa shape index (κ1) is 18.3. The highest BCUT2D eigenvalue weighted by atomic mass is 19.4. The minimum atomic E-state index is -4.57. The van der Waals surface area contributed by atoms with E-state index in [1.54, 1.807) is 13.2 Å². The van der Waals surface area contributed by atoms with Crippen LogP contribution in [-0.4, -0.2) is 51.9 Å². The van der Waals surface area contributed by atoms with Crippen LogP contribution in [0.4, 0.5) is 19.0 Å². The molecule has 3 heterocycles. The van der Waals surface area contributed by atoms with Gasteiger partial charge in [-0.05, 0) is 24.6 Å². The zero-order valence-electron chi connectivity index (χ0n) is 15.1. The molecule has 6 nitrogen and oxygen atoms in total. The molecule has 3 aromatic rings. The van der Waals surface area contributed by atoms with Gasteiger partial charge in [-0.15, -0.1) is 0 Å². The molecular formula is C19H18F3N5O. The first-order chi connectivity index (χ1) is 13.4. The standard InChI is InChI=1S/C19H18F3N5O/c1-26(18(28)13-4-2-3-5-15(13)19(20,21)22)12-7-9-27(10-12)17-14-6-8-23-16(14)24-11-25-17/h2-6,8,11-12H,7,9-10H2,1H3,(H,23,24,25)/t12-/m1/s1. The monoisotopic (exact) mass is 389 g/mol. The number of benzene rings is 1. The van der Waals surface area contributed by atoms with Crippen LogP contribution in [0.15, 0.2) is 42.9 Å². The predicted octanol–water partition coefficient (Wildman–Crippen LogP) is 3.33. The van der Waals surface area contributed by atoms with E-state index in [9.17, 15) is 18.0 Å². The molecule has 1 fully saturated rings. The van der Waals surface area contributed by atoms with Gasteiger partial charge >= 0.3 is 6.18 Å². The third kappa shape index (κ3) is 3.17. The summed E-state index contributed by atoms with van der Waals surface area (Å²) < 4.78 is 39.8. The van der Waals surface area contributed by atoms with Crippen molar-refractivity contribution >= 4 is 22.8 Å². The third-order valence-corrected chi connectivity index (χ3v) is 5.13. The summed E-state index contributed by atoms with van der Waals surface area (Å²) in [4.78, 5) is 27.8. The van der Waals surface area contributed by atoms with Gasteiger partial charge in [0, 0.05) is 26.3 Å². The molecule has 1 aromatic carbocycles. The van der Waals surface area contributed by atoms with E-state index < -0.39 is 17.6 Å². The first-order valence-electron chi connectivity index (χ1n) is 8.82. The smallest absolute Gasteiger partial charge is 0.354 e. The van der Waals surface area contributed by atoms with E-state index in [1.165, 1.54) is 29.4 Å². The Balaban J connectivity index is 1.55. The number of halogens is 3. The van der Waals surface area contributed by atoms with E-state index in [2.05, 4.69) is 15.0 Å². The maximum absolute atomic E-state index is 13.3. The molecule has 1 N–H and O–H groups in total. The molecule has 0 bridgehead atoms. The van der Waals surface area contributed by atoms with Crippen LogP contribution in [0, 0.1) is 0 Å². The van der Waals surface area contributed by atoms with E-state index in [-0.39, 0.29) is 11.6 Å². The van der Waals surface area contributed by atoms with Gasteiger partial charge in [0.1, 0.15) is 17.8 Å². The van der Waals surface area contributed by atoms with Crippen molar-refractivity contribution in [1.82, 2.24) is 19.9 Å². The fraction of sp³-hybridized carbons (Fsp3) is 0.316. The van der Waals surface area contributed by atoms with Crippen LogP contribution in [0.3, 0.4) is 0 Å². The number of rotatable bonds is 3. The van der Waals surface area contributed by atoms with E-state index in [0.29, 0.717) is 19.5 Å². The van der Waals surface area contributed by atoms with Gasteiger partial charge in [-0.1, -0.05) is 12.1 Å². The molecule has 0 saturated carbocycles. The highest BCUT2D eigenvalue weighted by Crippen LogP contribution is 2.33. The zero-order chi connectivity index (χ0) is 19.9. The van der Waals surface area contributed by atoms with Gasteiger partial charge in [0.15, 0.2) is 0 Å². The number of hydrogen-bond donors (Lipinski definition) is 1. The lowest BCUT2D eigenvalue weighted by Crippen LogP contribution is -2.39. The summed E-state index contributed by atoms with van der Waals surface area (Å²) in [5.74, 6) is 0.125. The van der Waals surface area contributed by atoms with Crippen molar-refractivity contribution in [3.8, 4) is 0 Å². The van der Waals surface area contributed by atoms with Crippen LogP contribution < -0.4 is 4.90 Å². The van der Waals surface area contributed by atoms with E-state index in [1.807, 2.05) is 11.0 Å². The van der Waals surface area contributed by atoms with Gasteiger partial charge in [0.2, 0.25) is 0 Å². The second kappa shape index (κ2) is 6.81. The number of aromatic amines is 1. The Morgan fingerprint density at radius 1 is 1.25 bits per heavy atom. The van der Waals surface area contributed by atoms with Crippen LogP contribution >= 0.6 is 0 Å². The van der Waals surface area contributed by atoms with Crippen LogP contribution in [-0.2, 0) is 6.18 Å². The van der Waals surface area contributed by atoms with Gasteiger partial charge in [0.05, 0.1) is 22.6 Å². The van der Waals surface area contributed by atoms with Crippen molar-refractivity contribution in [2.75, 3.05) is 25.0 Å². The highest BCUT2D eigenvalue weighted by Gasteiger charge is 2.37. The van der Waals surface area contributed by atoms with Gasteiger partial charge < -0.3 is 14.8 Å². The van der Waals surface area contributed by atoms with Gasteiger partial charge in [-0.25, -0.2) is 9.97 Å². The number of nitrogens with zero attached hydrogens (tertiary/aromatic N) is 4. The zero-order valence-corrected chi connectivity index (χ0v) is 15.1. The molecule has 4 rings (SSSR count). The number of hydrogen-bond acceptors (Lipinski definition) is 4. The molecule has 0 spiro atoms. The summed E-state index contributed by atoms with van der Waals surface area (Å²) in [6, 6.07) is 6.56. The molecule has 2 aromatic heterocycles. The lowest BCUT2D eigenvalue weighted by molar-refractivity contribution is -0.138. The third-order valence-electron chi connectivity index (χ3n) is 5.13. The minimum absolute atomic E-state index is 0.210. The molecule has 0 aliphatic carbocycles. The Labute approximate surface area is 159 Å². The summed E-state index contributed by atoms with van der Waals surface area (Å²) in [6.07, 6.45) is -0.682. The van der Waals surface area contributed by atoms with E-state index >= 15 is 0 Å². The maximum atomic E-state index is 13.3. The van der Waals surface area contributed by atoms with Gasteiger partial charge in [-0.2, -0.15) is 13.2 Å². The summed E-state index contributed by atoms with van der Waals surface area (Å²) in [5.41, 5.74) is -0.519. The van der Waals surface area contributed by atoms with Crippen molar-refractivity contribution in [2.45, 2.75) is 18.6 Å². The predicted molar refractivity (Wildman–Crippen MR) is 98.0 cm³/mol. The Morgan fingerprint density at radius 2 is 2.04 bits per heavy atom. The Morgan fingerprint density at radius 3 is 2.82 bits per heavy atom. The molecule has 1 aliphatic rings. The second-order valence-corrected chi connectivity index (χ2v) is 6.79. The van der Waals surface area contributed by atoms with Crippen molar-refractivity contribution in [3.05, 3.63) is 54.0 Å². The number of H-pyrrole nitrogens is 1. The normalized spacial score (nSPS) is 17.3. The topological polar surface area (TPSA) is 65.1 Å². The lowest BCUT2D eigenvalue weighted by atomic mass is 10.0. The summed E-state index contributed by atoms with van der Waals surface area (Å²) in [6.45, 7) is 1.15. The molecule has 1 atom stereocenters. The quantitative estimate of drug-likeness (QED) is 0.746. The molecule has 0 unspecified atom stereocenters. The Kier molecular flexibility index (Phi) is 4.44. The average molecular weight is 389 g/mol. The summed E-state index contributed by atoms with van der Waals surface area (Å²) in [7, 11) is 1.55. The molecule has 9 heteroatoms. The molecule has 28 heavy (non-hydrogen) atoms. The summed E-state index contributed by atoms with van der Waals surface area (Å²) in [5, 5.41) is 0.875. The summed E-state index contributed by atoms with van der Waals surface area (Å²) >= 11 is 0. The Hall–Kier alpha value is -3.10. The van der Waals surface area contributed by atoms with Crippen LogP contribution in [0.1, 0.15) is 22.3 Å². The first-order valence-corrected chi connectivity index (χ1v) is 8.82.